The average molecular weight is 299 g/mol. The zero-order valence-corrected chi connectivity index (χ0v) is 13.2. The van der Waals surface area contributed by atoms with E-state index in [2.05, 4.69) is 29.3 Å². The van der Waals surface area contributed by atoms with Gasteiger partial charge in [-0.25, -0.2) is 0 Å². The van der Waals surface area contributed by atoms with Crippen LogP contribution in [0.25, 0.3) is 0 Å². The van der Waals surface area contributed by atoms with Crippen molar-refractivity contribution in [2.75, 3.05) is 0 Å². The van der Waals surface area contributed by atoms with Crippen LogP contribution in [0.3, 0.4) is 0 Å². The smallest absolute Gasteiger partial charge is 0.179 e. The molecule has 0 aliphatic heterocycles. The lowest BCUT2D eigenvalue weighted by molar-refractivity contribution is 0.0785. The molecule has 3 rings (SSSR count). The van der Waals surface area contributed by atoms with E-state index in [0.29, 0.717) is 6.04 Å². The molecule has 1 fully saturated rings. The Kier molecular flexibility index (Phi) is 4.51. The third kappa shape index (κ3) is 3.42. The molecular formula is C18H21NOS. The predicted molar refractivity (Wildman–Crippen MR) is 87.7 cm³/mol. The Labute approximate surface area is 130 Å². The van der Waals surface area contributed by atoms with Crippen LogP contribution in [0.2, 0.25) is 0 Å². The van der Waals surface area contributed by atoms with Crippen molar-refractivity contribution in [1.29, 1.82) is 0 Å². The van der Waals surface area contributed by atoms with Crippen LogP contribution in [0.5, 0.6) is 0 Å². The molecule has 2 nitrogen and oxygen atoms in total. The number of hydrogen-bond acceptors (Lipinski definition) is 3. The molecule has 0 spiro atoms. The van der Waals surface area contributed by atoms with Crippen LogP contribution in [-0.2, 0) is 6.54 Å². The highest BCUT2D eigenvalue weighted by Gasteiger charge is 2.36. The Morgan fingerprint density at radius 3 is 2.57 bits per heavy atom. The van der Waals surface area contributed by atoms with Crippen molar-refractivity contribution in [2.45, 2.75) is 44.8 Å². The zero-order valence-electron chi connectivity index (χ0n) is 12.4. The Morgan fingerprint density at radius 1 is 1.24 bits per heavy atom. The second-order valence-electron chi connectivity index (χ2n) is 5.64. The number of nitrogens with zero attached hydrogens (tertiary/aromatic N) is 1. The highest BCUT2D eigenvalue weighted by atomic mass is 32.1. The Bertz CT molecular complexity index is 575. The van der Waals surface area contributed by atoms with E-state index in [1.807, 2.05) is 30.3 Å². The fraction of sp³-hybridized carbons (Fsp3) is 0.389. The van der Waals surface area contributed by atoms with E-state index in [1.54, 1.807) is 11.3 Å². The van der Waals surface area contributed by atoms with Gasteiger partial charge in [-0.1, -0.05) is 43.3 Å². The van der Waals surface area contributed by atoms with E-state index in [0.717, 1.165) is 18.5 Å². The molecule has 1 saturated carbocycles. The molecule has 110 valence electrons. The van der Waals surface area contributed by atoms with Gasteiger partial charge in [-0.05, 0) is 30.7 Å². The molecule has 0 N–H and O–H groups in total. The lowest BCUT2D eigenvalue weighted by Gasteiger charge is -2.29. The zero-order chi connectivity index (χ0) is 14.7. The summed E-state index contributed by atoms with van der Waals surface area (Å²) in [6, 6.07) is 14.6. The SMILES string of the molecule is CCC(C(=O)c1ccccc1)N(Cc1cccs1)C1CC1. The molecule has 0 bridgehead atoms. The summed E-state index contributed by atoms with van der Waals surface area (Å²) in [5.74, 6) is 0.265. The van der Waals surface area contributed by atoms with Gasteiger partial charge in [0.05, 0.1) is 6.04 Å². The standard InChI is InChI=1S/C18H21NOS/c1-2-17(18(20)14-7-4-3-5-8-14)19(15-10-11-15)13-16-9-6-12-21-16/h3-9,12,15,17H,2,10-11,13H2,1H3. The third-order valence-electron chi connectivity index (χ3n) is 4.08. The maximum atomic E-state index is 12.8. The lowest BCUT2D eigenvalue weighted by atomic mass is 10.0. The topological polar surface area (TPSA) is 20.3 Å². The van der Waals surface area contributed by atoms with Crippen molar-refractivity contribution >= 4 is 17.1 Å². The molecule has 1 aliphatic rings. The van der Waals surface area contributed by atoms with Crippen LogP contribution in [0.4, 0.5) is 0 Å². The van der Waals surface area contributed by atoms with Gasteiger partial charge in [0.25, 0.3) is 0 Å². The van der Waals surface area contributed by atoms with E-state index in [-0.39, 0.29) is 11.8 Å². The van der Waals surface area contributed by atoms with Crippen molar-refractivity contribution in [3.63, 3.8) is 0 Å². The molecule has 21 heavy (non-hydrogen) atoms. The van der Waals surface area contributed by atoms with Crippen LogP contribution in [0.1, 0.15) is 41.4 Å². The predicted octanol–water partition coefficient (Wildman–Crippen LogP) is 4.37. The molecule has 1 aromatic heterocycles. The van der Waals surface area contributed by atoms with Crippen LogP contribution in [-0.4, -0.2) is 22.8 Å². The molecule has 2 aromatic rings. The fourth-order valence-corrected chi connectivity index (χ4v) is 3.56. The van der Waals surface area contributed by atoms with E-state index in [1.165, 1.54) is 17.7 Å². The minimum atomic E-state index is 0.00185. The van der Waals surface area contributed by atoms with Crippen molar-refractivity contribution < 1.29 is 4.79 Å². The fourth-order valence-electron chi connectivity index (χ4n) is 2.85. The Balaban J connectivity index is 1.80. The summed E-state index contributed by atoms with van der Waals surface area (Å²) < 4.78 is 0. The molecule has 1 atom stereocenters. The summed E-state index contributed by atoms with van der Waals surface area (Å²) in [5, 5.41) is 2.11. The van der Waals surface area contributed by atoms with Gasteiger partial charge in [-0.3, -0.25) is 9.69 Å². The van der Waals surface area contributed by atoms with E-state index in [9.17, 15) is 4.79 Å². The van der Waals surface area contributed by atoms with Gasteiger partial charge in [0, 0.05) is 23.0 Å². The molecule has 1 aliphatic carbocycles. The van der Waals surface area contributed by atoms with E-state index >= 15 is 0 Å². The second kappa shape index (κ2) is 6.54. The van der Waals surface area contributed by atoms with E-state index < -0.39 is 0 Å². The maximum absolute atomic E-state index is 12.8. The summed E-state index contributed by atoms with van der Waals surface area (Å²) in [5.41, 5.74) is 0.834. The van der Waals surface area contributed by atoms with Crippen LogP contribution in [0, 0.1) is 0 Å². The first-order valence-corrected chi connectivity index (χ1v) is 8.55. The minimum absolute atomic E-state index is 0.00185. The minimum Gasteiger partial charge on any atom is -0.292 e. The molecular weight excluding hydrogens is 278 g/mol. The quantitative estimate of drug-likeness (QED) is 0.707. The second-order valence-corrected chi connectivity index (χ2v) is 6.67. The highest BCUT2D eigenvalue weighted by molar-refractivity contribution is 7.09. The van der Waals surface area contributed by atoms with Crippen LogP contribution < -0.4 is 0 Å². The number of benzene rings is 1. The number of carbonyl (C=O) groups excluding carboxylic acids is 1. The monoisotopic (exact) mass is 299 g/mol. The molecule has 1 heterocycles. The third-order valence-corrected chi connectivity index (χ3v) is 4.94. The Hall–Kier alpha value is -1.45. The molecule has 0 radical (unpaired) electrons. The van der Waals surface area contributed by atoms with Crippen LogP contribution >= 0.6 is 11.3 Å². The van der Waals surface area contributed by atoms with Crippen molar-refractivity contribution in [1.82, 2.24) is 4.90 Å². The number of rotatable bonds is 7. The summed E-state index contributed by atoms with van der Waals surface area (Å²) in [7, 11) is 0. The first-order valence-electron chi connectivity index (χ1n) is 7.67. The largest absolute Gasteiger partial charge is 0.292 e. The summed E-state index contributed by atoms with van der Waals surface area (Å²) in [4.78, 5) is 16.6. The molecule has 1 aromatic carbocycles. The van der Waals surface area contributed by atoms with E-state index in [4.69, 9.17) is 0 Å². The van der Waals surface area contributed by atoms with Gasteiger partial charge in [0.1, 0.15) is 0 Å². The maximum Gasteiger partial charge on any atom is 0.179 e. The van der Waals surface area contributed by atoms with Gasteiger partial charge >= 0.3 is 0 Å². The number of hydrogen-bond donors (Lipinski definition) is 0. The first-order chi connectivity index (χ1) is 10.3. The number of ketones is 1. The average Bonchev–Trinajstić information content (AvgIpc) is 3.25. The molecule has 1 unspecified atom stereocenters. The summed E-state index contributed by atoms with van der Waals surface area (Å²) in [6.45, 7) is 3.02. The summed E-state index contributed by atoms with van der Waals surface area (Å²) >= 11 is 1.78. The number of carbonyl (C=O) groups is 1. The molecule has 0 amide bonds. The summed E-state index contributed by atoms with van der Waals surface area (Å²) in [6.07, 6.45) is 3.32. The van der Waals surface area contributed by atoms with Gasteiger partial charge in [-0.2, -0.15) is 0 Å². The van der Waals surface area contributed by atoms with Crippen molar-refractivity contribution in [3.8, 4) is 0 Å². The number of Topliss-reactive ketones (excluding diaryl/α,β-unsaturated/α-hetero) is 1. The van der Waals surface area contributed by atoms with Crippen molar-refractivity contribution in [3.05, 3.63) is 58.3 Å². The normalized spacial score (nSPS) is 16.1. The molecule has 0 saturated heterocycles. The molecule has 3 heteroatoms. The van der Waals surface area contributed by atoms with Crippen LogP contribution in [0.15, 0.2) is 47.8 Å². The number of thiophene rings is 1. The van der Waals surface area contributed by atoms with Gasteiger partial charge in [0.15, 0.2) is 5.78 Å². The Morgan fingerprint density at radius 2 is 2.00 bits per heavy atom. The highest BCUT2D eigenvalue weighted by Crippen LogP contribution is 2.32. The lowest BCUT2D eigenvalue weighted by Crippen LogP contribution is -2.41. The van der Waals surface area contributed by atoms with Gasteiger partial charge < -0.3 is 0 Å². The first kappa shape index (κ1) is 14.5. The van der Waals surface area contributed by atoms with Crippen molar-refractivity contribution in [2.24, 2.45) is 0 Å². The van der Waals surface area contributed by atoms with Gasteiger partial charge in [-0.15, -0.1) is 11.3 Å². The van der Waals surface area contributed by atoms with Gasteiger partial charge in [0.2, 0.25) is 0 Å².